The highest BCUT2D eigenvalue weighted by atomic mass is 16.6. The average Bonchev–Trinajstić information content (AvgIpc) is 2.53. The van der Waals surface area contributed by atoms with Gasteiger partial charge in [0.05, 0.1) is 30.1 Å². The molecule has 0 unspecified atom stereocenters. The van der Waals surface area contributed by atoms with E-state index in [1.54, 1.807) is 6.20 Å². The SMILES string of the molecule is CCCCCCOc1c(OC)cc([N+](=O)[O-])c2ncc(C)cc12. The zero-order valence-corrected chi connectivity index (χ0v) is 13.8. The van der Waals surface area contributed by atoms with Gasteiger partial charge >= 0.3 is 0 Å². The van der Waals surface area contributed by atoms with Crippen LogP contribution in [0, 0.1) is 17.0 Å². The van der Waals surface area contributed by atoms with Crippen molar-refractivity contribution in [1.29, 1.82) is 0 Å². The second-order valence-electron chi connectivity index (χ2n) is 5.50. The highest BCUT2D eigenvalue weighted by Crippen LogP contribution is 2.40. The van der Waals surface area contributed by atoms with Gasteiger partial charge in [0.1, 0.15) is 0 Å². The van der Waals surface area contributed by atoms with Gasteiger partial charge in [-0.25, -0.2) is 4.98 Å². The molecule has 6 nitrogen and oxygen atoms in total. The Hall–Kier alpha value is -2.37. The van der Waals surface area contributed by atoms with Crippen molar-refractivity contribution in [3.8, 4) is 11.5 Å². The summed E-state index contributed by atoms with van der Waals surface area (Å²) in [5.41, 5.74) is 1.16. The van der Waals surface area contributed by atoms with E-state index in [1.807, 2.05) is 13.0 Å². The van der Waals surface area contributed by atoms with E-state index in [9.17, 15) is 10.1 Å². The fourth-order valence-electron chi connectivity index (χ4n) is 2.48. The average molecular weight is 318 g/mol. The van der Waals surface area contributed by atoms with Gasteiger partial charge in [-0.15, -0.1) is 0 Å². The first-order valence-electron chi connectivity index (χ1n) is 7.83. The number of nitro benzene ring substituents is 1. The van der Waals surface area contributed by atoms with Crippen LogP contribution in [-0.4, -0.2) is 23.6 Å². The maximum absolute atomic E-state index is 11.3. The Morgan fingerprint density at radius 3 is 2.70 bits per heavy atom. The number of nitro groups is 1. The van der Waals surface area contributed by atoms with Crippen LogP contribution in [0.2, 0.25) is 0 Å². The molecule has 0 atom stereocenters. The maximum atomic E-state index is 11.3. The molecular formula is C17H22N2O4. The number of pyridine rings is 1. The van der Waals surface area contributed by atoms with Gasteiger partial charge < -0.3 is 9.47 Å². The molecule has 0 aliphatic heterocycles. The summed E-state index contributed by atoms with van der Waals surface area (Å²) in [6.45, 7) is 4.60. The Morgan fingerprint density at radius 2 is 2.04 bits per heavy atom. The fraction of sp³-hybridized carbons (Fsp3) is 0.471. The minimum absolute atomic E-state index is 0.0739. The molecule has 23 heavy (non-hydrogen) atoms. The zero-order chi connectivity index (χ0) is 16.8. The number of hydrogen-bond donors (Lipinski definition) is 0. The highest BCUT2D eigenvalue weighted by Gasteiger charge is 2.22. The molecule has 0 bridgehead atoms. The highest BCUT2D eigenvalue weighted by molar-refractivity contribution is 5.95. The van der Waals surface area contributed by atoms with Crippen LogP contribution in [-0.2, 0) is 0 Å². The predicted octanol–water partition coefficient (Wildman–Crippen LogP) is 4.42. The van der Waals surface area contributed by atoms with Crippen molar-refractivity contribution in [1.82, 2.24) is 4.98 Å². The number of non-ortho nitro benzene ring substituents is 1. The predicted molar refractivity (Wildman–Crippen MR) is 89.3 cm³/mol. The van der Waals surface area contributed by atoms with Gasteiger partial charge in [-0.3, -0.25) is 10.1 Å². The molecule has 6 heteroatoms. The van der Waals surface area contributed by atoms with Crippen molar-refractivity contribution < 1.29 is 14.4 Å². The van der Waals surface area contributed by atoms with Crippen molar-refractivity contribution >= 4 is 16.6 Å². The Kier molecular flexibility index (Phi) is 5.73. The number of hydrogen-bond acceptors (Lipinski definition) is 5. The van der Waals surface area contributed by atoms with E-state index in [4.69, 9.17) is 9.47 Å². The second kappa shape index (κ2) is 7.76. The van der Waals surface area contributed by atoms with Crippen molar-refractivity contribution in [3.05, 3.63) is 34.0 Å². The quantitative estimate of drug-likeness (QED) is 0.409. The smallest absolute Gasteiger partial charge is 0.299 e. The lowest BCUT2D eigenvalue weighted by atomic mass is 10.1. The molecular weight excluding hydrogens is 296 g/mol. The van der Waals surface area contributed by atoms with Gasteiger partial charge in [0.15, 0.2) is 17.0 Å². The molecule has 0 saturated carbocycles. The summed E-state index contributed by atoms with van der Waals surface area (Å²) in [4.78, 5) is 15.1. The molecule has 2 aromatic rings. The summed E-state index contributed by atoms with van der Waals surface area (Å²) in [6.07, 6.45) is 5.98. The molecule has 0 fully saturated rings. The van der Waals surface area contributed by atoms with Gasteiger partial charge in [0.25, 0.3) is 5.69 Å². The summed E-state index contributed by atoms with van der Waals surface area (Å²) in [5.74, 6) is 0.896. The summed E-state index contributed by atoms with van der Waals surface area (Å²) in [5, 5.41) is 11.9. The lowest BCUT2D eigenvalue weighted by molar-refractivity contribution is -0.383. The molecule has 0 spiro atoms. The fourth-order valence-corrected chi connectivity index (χ4v) is 2.48. The van der Waals surface area contributed by atoms with Crippen LogP contribution in [0.1, 0.15) is 38.2 Å². The molecule has 0 aliphatic rings. The van der Waals surface area contributed by atoms with Crippen LogP contribution < -0.4 is 9.47 Å². The summed E-state index contributed by atoms with van der Waals surface area (Å²) in [6, 6.07) is 3.23. The van der Waals surface area contributed by atoms with Crippen LogP contribution in [0.5, 0.6) is 11.5 Å². The number of aryl methyl sites for hydroxylation is 1. The number of methoxy groups -OCH3 is 1. The van der Waals surface area contributed by atoms with Crippen LogP contribution >= 0.6 is 0 Å². The van der Waals surface area contributed by atoms with Crippen molar-refractivity contribution in [3.63, 3.8) is 0 Å². The molecule has 124 valence electrons. The standard InChI is InChI=1S/C17H22N2O4/c1-4-5-6-7-8-23-17-13-9-12(2)11-18-16(13)14(19(20)21)10-15(17)22-3/h9-11H,4-8H2,1-3H3. The third kappa shape index (κ3) is 3.88. The molecule has 1 heterocycles. The Balaban J connectivity index is 2.42. The largest absolute Gasteiger partial charge is 0.493 e. The van der Waals surface area contributed by atoms with Gasteiger partial charge in [-0.2, -0.15) is 0 Å². The minimum Gasteiger partial charge on any atom is -0.493 e. The van der Waals surface area contributed by atoms with Gasteiger partial charge in [0, 0.05) is 6.20 Å². The number of benzene rings is 1. The number of nitrogens with zero attached hydrogens (tertiary/aromatic N) is 2. The third-order valence-corrected chi connectivity index (χ3v) is 3.66. The van der Waals surface area contributed by atoms with E-state index in [1.165, 1.54) is 19.6 Å². The number of rotatable bonds is 8. The lowest BCUT2D eigenvalue weighted by Crippen LogP contribution is -2.02. The van der Waals surface area contributed by atoms with Gasteiger partial charge in [-0.05, 0) is 25.0 Å². The van der Waals surface area contributed by atoms with Crippen LogP contribution in [0.15, 0.2) is 18.3 Å². The Labute approximate surface area is 135 Å². The van der Waals surface area contributed by atoms with Crippen LogP contribution in [0.25, 0.3) is 10.9 Å². The molecule has 2 rings (SSSR count). The number of aromatic nitrogens is 1. The van der Waals surface area contributed by atoms with E-state index in [0.29, 0.717) is 29.0 Å². The third-order valence-electron chi connectivity index (χ3n) is 3.66. The van der Waals surface area contributed by atoms with E-state index in [-0.39, 0.29) is 5.69 Å². The van der Waals surface area contributed by atoms with Crippen LogP contribution in [0.3, 0.4) is 0 Å². The molecule has 0 N–H and O–H groups in total. The minimum atomic E-state index is -0.446. The summed E-state index contributed by atoms with van der Waals surface area (Å²) >= 11 is 0. The number of unbranched alkanes of at least 4 members (excludes halogenated alkanes) is 3. The van der Waals surface area contributed by atoms with E-state index in [0.717, 1.165) is 24.8 Å². The molecule has 0 amide bonds. The van der Waals surface area contributed by atoms with Gasteiger partial charge in [-0.1, -0.05) is 26.2 Å². The van der Waals surface area contributed by atoms with Crippen molar-refractivity contribution in [2.45, 2.75) is 39.5 Å². The first kappa shape index (κ1) is 17.0. The first-order chi connectivity index (χ1) is 11.1. The Morgan fingerprint density at radius 1 is 1.26 bits per heavy atom. The normalized spacial score (nSPS) is 10.7. The first-order valence-corrected chi connectivity index (χ1v) is 7.83. The number of ether oxygens (including phenoxy) is 2. The molecule has 1 aromatic carbocycles. The maximum Gasteiger partial charge on any atom is 0.299 e. The number of fused-ring (bicyclic) bond motifs is 1. The monoisotopic (exact) mass is 318 g/mol. The molecule has 0 aliphatic carbocycles. The van der Waals surface area contributed by atoms with E-state index >= 15 is 0 Å². The van der Waals surface area contributed by atoms with E-state index in [2.05, 4.69) is 11.9 Å². The second-order valence-corrected chi connectivity index (χ2v) is 5.50. The molecule has 1 aromatic heterocycles. The molecule has 0 radical (unpaired) electrons. The molecule has 0 saturated heterocycles. The zero-order valence-electron chi connectivity index (χ0n) is 13.8. The lowest BCUT2D eigenvalue weighted by Gasteiger charge is -2.14. The summed E-state index contributed by atoms with van der Waals surface area (Å²) in [7, 11) is 1.48. The Bertz CT molecular complexity index is 701. The summed E-state index contributed by atoms with van der Waals surface area (Å²) < 4.78 is 11.2. The van der Waals surface area contributed by atoms with E-state index < -0.39 is 4.92 Å². The van der Waals surface area contributed by atoms with Crippen LogP contribution in [0.4, 0.5) is 5.69 Å². The van der Waals surface area contributed by atoms with Crippen molar-refractivity contribution in [2.75, 3.05) is 13.7 Å². The van der Waals surface area contributed by atoms with Gasteiger partial charge in [0.2, 0.25) is 0 Å². The van der Waals surface area contributed by atoms with Crippen molar-refractivity contribution in [2.24, 2.45) is 0 Å². The topological polar surface area (TPSA) is 74.5 Å².